The van der Waals surface area contributed by atoms with Crippen LogP contribution in [0.1, 0.15) is 23.2 Å². The quantitative estimate of drug-likeness (QED) is 0.766. The van der Waals surface area contributed by atoms with E-state index in [2.05, 4.69) is 15.2 Å². The topological polar surface area (TPSA) is 65.5 Å². The molecule has 0 aliphatic rings. The lowest BCUT2D eigenvalue weighted by Gasteiger charge is -2.13. The lowest BCUT2D eigenvalue weighted by atomic mass is 10.1. The van der Waals surface area contributed by atoms with Gasteiger partial charge in [-0.05, 0) is 39.5 Å². The number of carbonyl (C=O) groups is 1. The van der Waals surface area contributed by atoms with Crippen LogP contribution in [0, 0.1) is 0 Å². The van der Waals surface area contributed by atoms with Crippen LogP contribution in [0.3, 0.4) is 0 Å². The van der Waals surface area contributed by atoms with E-state index in [-0.39, 0.29) is 5.56 Å². The molecule has 0 unspecified atom stereocenters. The number of aromatic nitrogens is 1. The number of carboxylic acids is 1. The molecule has 2 N–H and O–H groups in total. The van der Waals surface area contributed by atoms with Crippen molar-refractivity contribution in [2.45, 2.75) is 12.8 Å². The highest BCUT2D eigenvalue weighted by Gasteiger charge is 2.13. The number of benzene rings is 1. The molecule has 1 aromatic carbocycles. The van der Waals surface area contributed by atoms with Crippen molar-refractivity contribution in [3.8, 4) is 0 Å². The van der Waals surface area contributed by atoms with E-state index in [0.717, 1.165) is 36.8 Å². The van der Waals surface area contributed by atoms with E-state index in [0.29, 0.717) is 5.69 Å². The standard InChI is InChI=1S/C16H21N3O2/c1-19(2)10-6-5-9-17-15-12-7-3-4-8-14(12)18-11-13(15)16(20)21/h3-4,7-8,11H,5-6,9-10H2,1-2H3,(H,17,18)(H,20,21). The average molecular weight is 287 g/mol. The number of pyridine rings is 1. The van der Waals surface area contributed by atoms with Crippen LogP contribution >= 0.6 is 0 Å². The van der Waals surface area contributed by atoms with Gasteiger partial charge in [0, 0.05) is 18.1 Å². The molecule has 0 amide bonds. The molecule has 0 saturated carbocycles. The highest BCUT2D eigenvalue weighted by Crippen LogP contribution is 2.25. The Morgan fingerprint density at radius 1 is 1.29 bits per heavy atom. The first kappa shape index (κ1) is 15.3. The summed E-state index contributed by atoms with van der Waals surface area (Å²) in [4.78, 5) is 17.7. The Kier molecular flexibility index (Phi) is 5.11. The summed E-state index contributed by atoms with van der Waals surface area (Å²) < 4.78 is 0. The summed E-state index contributed by atoms with van der Waals surface area (Å²) in [5.74, 6) is -0.955. The third-order valence-corrected chi connectivity index (χ3v) is 3.34. The lowest BCUT2D eigenvalue weighted by molar-refractivity contribution is 0.0697. The number of carboxylic acid groups (broad SMARTS) is 1. The van der Waals surface area contributed by atoms with Gasteiger partial charge in [0.15, 0.2) is 0 Å². The lowest BCUT2D eigenvalue weighted by Crippen LogP contribution is -2.15. The highest BCUT2D eigenvalue weighted by molar-refractivity contribution is 6.04. The van der Waals surface area contributed by atoms with Crippen LogP contribution in [-0.4, -0.2) is 48.1 Å². The van der Waals surface area contributed by atoms with Crippen LogP contribution < -0.4 is 5.32 Å². The monoisotopic (exact) mass is 287 g/mol. The van der Waals surface area contributed by atoms with Gasteiger partial charge in [-0.25, -0.2) is 4.79 Å². The van der Waals surface area contributed by atoms with Gasteiger partial charge in [-0.15, -0.1) is 0 Å². The first-order chi connectivity index (χ1) is 10.1. The number of hydrogen-bond acceptors (Lipinski definition) is 4. The Bertz CT molecular complexity index is 626. The molecule has 0 bridgehead atoms. The van der Waals surface area contributed by atoms with Gasteiger partial charge in [0.1, 0.15) is 5.56 Å². The Balaban J connectivity index is 2.16. The molecule has 2 aromatic rings. The van der Waals surface area contributed by atoms with E-state index in [4.69, 9.17) is 0 Å². The van der Waals surface area contributed by atoms with Gasteiger partial charge in [0.05, 0.1) is 11.2 Å². The fraction of sp³-hybridized carbons (Fsp3) is 0.375. The van der Waals surface area contributed by atoms with Gasteiger partial charge in [-0.3, -0.25) is 4.98 Å². The first-order valence-electron chi connectivity index (χ1n) is 7.09. The van der Waals surface area contributed by atoms with Gasteiger partial charge < -0.3 is 15.3 Å². The number of hydrogen-bond donors (Lipinski definition) is 2. The second kappa shape index (κ2) is 7.04. The minimum atomic E-state index is -0.955. The van der Waals surface area contributed by atoms with E-state index in [1.165, 1.54) is 6.20 Å². The molecule has 0 aliphatic carbocycles. The van der Waals surface area contributed by atoms with Gasteiger partial charge in [-0.1, -0.05) is 18.2 Å². The molecule has 112 valence electrons. The Morgan fingerprint density at radius 2 is 2.05 bits per heavy atom. The van der Waals surface area contributed by atoms with E-state index in [9.17, 15) is 9.90 Å². The number of aromatic carboxylic acids is 1. The molecule has 0 aliphatic heterocycles. The number of para-hydroxylation sites is 1. The summed E-state index contributed by atoms with van der Waals surface area (Å²) in [6, 6.07) is 7.58. The molecular formula is C16H21N3O2. The van der Waals surface area contributed by atoms with Crippen LogP contribution in [0.5, 0.6) is 0 Å². The second-order valence-corrected chi connectivity index (χ2v) is 5.31. The summed E-state index contributed by atoms with van der Waals surface area (Å²) in [5, 5.41) is 13.4. The molecule has 0 saturated heterocycles. The predicted molar refractivity (Wildman–Crippen MR) is 85.0 cm³/mol. The largest absolute Gasteiger partial charge is 0.478 e. The first-order valence-corrected chi connectivity index (χ1v) is 7.09. The fourth-order valence-electron chi connectivity index (χ4n) is 2.26. The fourth-order valence-corrected chi connectivity index (χ4v) is 2.26. The number of fused-ring (bicyclic) bond motifs is 1. The van der Waals surface area contributed by atoms with Crippen LogP contribution in [0.25, 0.3) is 10.9 Å². The van der Waals surface area contributed by atoms with Crippen molar-refractivity contribution in [2.24, 2.45) is 0 Å². The maximum atomic E-state index is 11.4. The number of anilines is 1. The third-order valence-electron chi connectivity index (χ3n) is 3.34. The van der Waals surface area contributed by atoms with Crippen molar-refractivity contribution in [3.05, 3.63) is 36.0 Å². The van der Waals surface area contributed by atoms with Crippen LogP contribution in [0.15, 0.2) is 30.5 Å². The van der Waals surface area contributed by atoms with Crippen LogP contribution in [-0.2, 0) is 0 Å². The minimum absolute atomic E-state index is 0.223. The number of nitrogens with zero attached hydrogens (tertiary/aromatic N) is 2. The van der Waals surface area contributed by atoms with Gasteiger partial charge in [-0.2, -0.15) is 0 Å². The van der Waals surface area contributed by atoms with Crippen molar-refractivity contribution in [2.75, 3.05) is 32.5 Å². The number of nitrogens with one attached hydrogen (secondary N) is 1. The summed E-state index contributed by atoms with van der Waals surface area (Å²) in [5.41, 5.74) is 1.69. The molecule has 1 aromatic heterocycles. The summed E-state index contributed by atoms with van der Waals surface area (Å²) >= 11 is 0. The van der Waals surface area contributed by atoms with E-state index in [1.807, 2.05) is 38.4 Å². The van der Waals surface area contributed by atoms with Crippen molar-refractivity contribution in [1.82, 2.24) is 9.88 Å². The molecular weight excluding hydrogens is 266 g/mol. The molecule has 21 heavy (non-hydrogen) atoms. The van der Waals surface area contributed by atoms with Crippen molar-refractivity contribution >= 4 is 22.6 Å². The minimum Gasteiger partial charge on any atom is -0.478 e. The van der Waals surface area contributed by atoms with Crippen molar-refractivity contribution in [3.63, 3.8) is 0 Å². The maximum Gasteiger partial charge on any atom is 0.339 e. The van der Waals surface area contributed by atoms with E-state index >= 15 is 0 Å². The molecule has 0 atom stereocenters. The number of rotatable bonds is 7. The van der Waals surface area contributed by atoms with Gasteiger partial charge in [0.25, 0.3) is 0 Å². The summed E-state index contributed by atoms with van der Waals surface area (Å²) in [7, 11) is 4.10. The average Bonchev–Trinajstić information content (AvgIpc) is 2.46. The molecule has 5 nitrogen and oxygen atoms in total. The van der Waals surface area contributed by atoms with Gasteiger partial charge >= 0.3 is 5.97 Å². The number of unbranched alkanes of at least 4 members (excludes halogenated alkanes) is 1. The zero-order chi connectivity index (χ0) is 15.2. The molecule has 2 rings (SSSR count). The summed E-state index contributed by atoms with van der Waals surface area (Å²) in [6.07, 6.45) is 3.49. The smallest absolute Gasteiger partial charge is 0.339 e. The zero-order valence-corrected chi connectivity index (χ0v) is 12.5. The van der Waals surface area contributed by atoms with Crippen molar-refractivity contribution in [1.29, 1.82) is 0 Å². The molecule has 0 spiro atoms. The zero-order valence-electron chi connectivity index (χ0n) is 12.5. The summed E-state index contributed by atoms with van der Waals surface area (Å²) in [6.45, 7) is 1.78. The molecule has 0 fully saturated rings. The van der Waals surface area contributed by atoms with Crippen LogP contribution in [0.4, 0.5) is 5.69 Å². The normalized spacial score (nSPS) is 11.0. The van der Waals surface area contributed by atoms with E-state index < -0.39 is 5.97 Å². The Hall–Kier alpha value is -2.14. The Morgan fingerprint density at radius 3 is 2.76 bits per heavy atom. The molecule has 5 heteroatoms. The predicted octanol–water partition coefficient (Wildman–Crippen LogP) is 2.69. The maximum absolute atomic E-state index is 11.4. The SMILES string of the molecule is CN(C)CCCCNc1c(C(=O)O)cnc2ccccc12. The molecule has 1 heterocycles. The Labute approximate surface area is 124 Å². The second-order valence-electron chi connectivity index (χ2n) is 5.31. The van der Waals surface area contributed by atoms with E-state index in [1.54, 1.807) is 0 Å². The van der Waals surface area contributed by atoms with Crippen LogP contribution in [0.2, 0.25) is 0 Å². The van der Waals surface area contributed by atoms with Crippen molar-refractivity contribution < 1.29 is 9.90 Å². The highest BCUT2D eigenvalue weighted by atomic mass is 16.4. The third kappa shape index (κ3) is 3.92. The van der Waals surface area contributed by atoms with Gasteiger partial charge in [0.2, 0.25) is 0 Å². The molecule has 0 radical (unpaired) electrons.